The van der Waals surface area contributed by atoms with Crippen molar-refractivity contribution in [3.63, 3.8) is 0 Å². The smallest absolute Gasteiger partial charge is 0.310 e. The minimum Gasteiger partial charge on any atom is -0.457 e. The van der Waals surface area contributed by atoms with Crippen LogP contribution in [0, 0.1) is 5.82 Å². The molecule has 2 aromatic rings. The van der Waals surface area contributed by atoms with Crippen LogP contribution in [0.3, 0.4) is 0 Å². The van der Waals surface area contributed by atoms with Crippen LogP contribution < -0.4 is 4.31 Å². The number of ketones is 1. The van der Waals surface area contributed by atoms with Crippen LogP contribution in [0.2, 0.25) is 0 Å². The lowest BCUT2D eigenvalue weighted by molar-refractivity contribution is -0.141. The summed E-state index contributed by atoms with van der Waals surface area (Å²) >= 11 is 0. The van der Waals surface area contributed by atoms with Gasteiger partial charge in [-0.05, 0) is 54.8 Å². The maximum absolute atomic E-state index is 12.9. The third-order valence-electron chi connectivity index (χ3n) is 4.58. The second-order valence-corrected chi connectivity index (χ2v) is 8.64. The molecule has 3 rings (SSSR count). The lowest BCUT2D eigenvalue weighted by Gasteiger charge is -2.18. The number of hydrogen-bond acceptors (Lipinski definition) is 5. The first kappa shape index (κ1) is 20.0. The summed E-state index contributed by atoms with van der Waals surface area (Å²) in [6, 6.07) is 10.3. The largest absolute Gasteiger partial charge is 0.457 e. The van der Waals surface area contributed by atoms with Gasteiger partial charge in [0, 0.05) is 12.1 Å². The van der Waals surface area contributed by atoms with Gasteiger partial charge in [0.05, 0.1) is 17.9 Å². The molecule has 1 heterocycles. The minimum atomic E-state index is -3.34. The predicted octanol–water partition coefficient (Wildman–Crippen LogP) is 2.51. The molecule has 0 spiro atoms. The Morgan fingerprint density at radius 2 is 1.86 bits per heavy atom. The van der Waals surface area contributed by atoms with Crippen molar-refractivity contribution in [2.45, 2.75) is 19.8 Å². The Morgan fingerprint density at radius 1 is 1.14 bits per heavy atom. The van der Waals surface area contributed by atoms with E-state index in [1.807, 2.05) is 0 Å². The molecule has 0 radical (unpaired) electrons. The number of Topliss-reactive ketones (excluding diaryl/α,β-unsaturated/α-hetero) is 1. The number of benzene rings is 2. The van der Waals surface area contributed by atoms with E-state index in [1.165, 1.54) is 28.6 Å². The number of rotatable bonds is 7. The molecule has 0 fully saturated rings. The number of fused-ring (bicyclic) bond motifs is 1. The average molecular weight is 405 g/mol. The molecule has 0 bridgehead atoms. The van der Waals surface area contributed by atoms with Crippen LogP contribution in [0.1, 0.15) is 28.4 Å². The summed E-state index contributed by atoms with van der Waals surface area (Å²) in [6.07, 6.45) is 0.474. The van der Waals surface area contributed by atoms with Crippen LogP contribution in [0.5, 0.6) is 0 Å². The molecule has 2 aromatic carbocycles. The first-order chi connectivity index (χ1) is 13.3. The molecule has 0 saturated heterocycles. The highest BCUT2D eigenvalue weighted by molar-refractivity contribution is 7.92. The van der Waals surface area contributed by atoms with Crippen LogP contribution in [0.25, 0.3) is 0 Å². The molecule has 0 aromatic heterocycles. The number of esters is 1. The van der Waals surface area contributed by atoms with Crippen molar-refractivity contribution in [3.8, 4) is 0 Å². The molecule has 0 saturated carbocycles. The second kappa shape index (κ2) is 8.10. The lowest BCUT2D eigenvalue weighted by Crippen LogP contribution is -2.30. The zero-order chi connectivity index (χ0) is 20.3. The third kappa shape index (κ3) is 4.39. The summed E-state index contributed by atoms with van der Waals surface area (Å²) in [5.74, 6) is -1.33. The summed E-state index contributed by atoms with van der Waals surface area (Å²) in [5, 5.41) is 0. The van der Waals surface area contributed by atoms with E-state index >= 15 is 0 Å². The Morgan fingerprint density at radius 3 is 2.54 bits per heavy atom. The number of hydrogen-bond donors (Lipinski definition) is 0. The van der Waals surface area contributed by atoms with Crippen molar-refractivity contribution < 1.29 is 27.1 Å². The van der Waals surface area contributed by atoms with E-state index < -0.39 is 28.4 Å². The highest BCUT2D eigenvalue weighted by Gasteiger charge is 2.28. The molecular formula is C20H20FNO5S. The van der Waals surface area contributed by atoms with E-state index in [0.717, 1.165) is 5.56 Å². The molecule has 1 aliphatic rings. The Bertz CT molecular complexity index is 1000. The van der Waals surface area contributed by atoms with Crippen molar-refractivity contribution in [2.75, 3.05) is 23.2 Å². The Balaban J connectivity index is 1.61. The Kier molecular flexibility index (Phi) is 5.79. The fourth-order valence-corrected chi connectivity index (χ4v) is 4.20. The monoisotopic (exact) mass is 405 g/mol. The zero-order valence-corrected chi connectivity index (χ0v) is 16.2. The van der Waals surface area contributed by atoms with Crippen molar-refractivity contribution in [2.24, 2.45) is 0 Å². The van der Waals surface area contributed by atoms with Crippen LogP contribution >= 0.6 is 0 Å². The zero-order valence-electron chi connectivity index (χ0n) is 15.4. The fraction of sp³-hybridized carbons (Fsp3) is 0.300. The molecule has 0 N–H and O–H groups in total. The van der Waals surface area contributed by atoms with Crippen LogP contribution in [0.15, 0.2) is 42.5 Å². The number of carbonyl (C=O) groups is 2. The molecule has 8 heteroatoms. The number of halogens is 1. The molecule has 0 atom stereocenters. The van der Waals surface area contributed by atoms with E-state index in [1.54, 1.807) is 25.1 Å². The number of carbonyl (C=O) groups excluding carboxylic acids is 2. The van der Waals surface area contributed by atoms with Crippen LogP contribution in [0.4, 0.5) is 10.1 Å². The number of anilines is 1. The molecule has 28 heavy (non-hydrogen) atoms. The van der Waals surface area contributed by atoms with Gasteiger partial charge >= 0.3 is 5.97 Å². The quantitative estimate of drug-likeness (QED) is 0.522. The molecule has 0 aliphatic carbocycles. The van der Waals surface area contributed by atoms with Gasteiger partial charge in [0.1, 0.15) is 5.82 Å². The standard InChI is InChI=1S/C20H20FNO5S/c1-2-28(25,26)22-10-9-15-12-16(5-8-18(15)22)19(23)13-27-20(24)11-14-3-6-17(21)7-4-14/h3-8,12H,2,9-11,13H2,1H3. The minimum absolute atomic E-state index is 0.0110. The van der Waals surface area contributed by atoms with Crippen LogP contribution in [-0.4, -0.2) is 39.1 Å². The van der Waals surface area contributed by atoms with Gasteiger partial charge in [0.25, 0.3) is 0 Å². The van der Waals surface area contributed by atoms with Crippen molar-refractivity contribution in [1.82, 2.24) is 0 Å². The van der Waals surface area contributed by atoms with Gasteiger partial charge in [0.15, 0.2) is 12.4 Å². The van der Waals surface area contributed by atoms with Crippen molar-refractivity contribution >= 4 is 27.5 Å². The lowest BCUT2D eigenvalue weighted by atomic mass is 10.1. The summed E-state index contributed by atoms with van der Waals surface area (Å²) in [7, 11) is -3.34. The third-order valence-corrected chi connectivity index (χ3v) is 6.36. The normalized spacial score (nSPS) is 13.3. The Hall–Kier alpha value is -2.74. The van der Waals surface area contributed by atoms with Gasteiger partial charge < -0.3 is 4.74 Å². The maximum Gasteiger partial charge on any atom is 0.310 e. The molecule has 0 amide bonds. The molecule has 148 valence electrons. The molecule has 1 aliphatic heterocycles. The highest BCUT2D eigenvalue weighted by atomic mass is 32.2. The summed E-state index contributed by atoms with van der Waals surface area (Å²) in [4.78, 5) is 24.2. The molecule has 6 nitrogen and oxygen atoms in total. The SMILES string of the molecule is CCS(=O)(=O)N1CCc2cc(C(=O)COC(=O)Cc3ccc(F)cc3)ccc21. The summed E-state index contributed by atoms with van der Waals surface area (Å²) in [5.41, 5.74) is 2.32. The van der Waals surface area contributed by atoms with Gasteiger partial charge in [-0.15, -0.1) is 0 Å². The van der Waals surface area contributed by atoms with Crippen LogP contribution in [-0.2, 0) is 32.4 Å². The first-order valence-corrected chi connectivity index (χ1v) is 10.5. The fourth-order valence-electron chi connectivity index (χ4n) is 3.04. The topological polar surface area (TPSA) is 80.8 Å². The van der Waals surface area contributed by atoms with Gasteiger partial charge in [-0.2, -0.15) is 0 Å². The van der Waals surface area contributed by atoms with E-state index in [9.17, 15) is 22.4 Å². The predicted molar refractivity (Wildman–Crippen MR) is 102 cm³/mol. The van der Waals surface area contributed by atoms with Gasteiger partial charge in [-0.25, -0.2) is 12.8 Å². The average Bonchev–Trinajstić information content (AvgIpc) is 3.12. The highest BCUT2D eigenvalue weighted by Crippen LogP contribution is 2.31. The van der Waals surface area contributed by atoms with E-state index in [4.69, 9.17) is 4.74 Å². The molecule has 0 unspecified atom stereocenters. The maximum atomic E-state index is 12.9. The Labute approximate surface area is 163 Å². The number of ether oxygens (including phenoxy) is 1. The van der Waals surface area contributed by atoms with Gasteiger partial charge in [-0.1, -0.05) is 12.1 Å². The summed E-state index contributed by atoms with van der Waals surface area (Å²) < 4.78 is 43.5. The first-order valence-electron chi connectivity index (χ1n) is 8.87. The van der Waals surface area contributed by atoms with Gasteiger partial charge in [-0.3, -0.25) is 13.9 Å². The van der Waals surface area contributed by atoms with Crippen molar-refractivity contribution in [1.29, 1.82) is 0 Å². The summed E-state index contributed by atoms with van der Waals surface area (Å²) in [6.45, 7) is 1.54. The van der Waals surface area contributed by atoms with Gasteiger partial charge in [0.2, 0.25) is 10.0 Å². The second-order valence-electron chi connectivity index (χ2n) is 6.45. The molecular weight excluding hydrogens is 385 g/mol. The van der Waals surface area contributed by atoms with Crippen molar-refractivity contribution in [3.05, 3.63) is 65.0 Å². The number of sulfonamides is 1. The van der Waals surface area contributed by atoms with E-state index in [0.29, 0.717) is 29.8 Å². The number of nitrogens with zero attached hydrogens (tertiary/aromatic N) is 1. The van der Waals surface area contributed by atoms with E-state index in [-0.39, 0.29) is 18.0 Å². The van der Waals surface area contributed by atoms with E-state index in [2.05, 4.69) is 0 Å².